The van der Waals surface area contributed by atoms with Crippen molar-refractivity contribution < 1.29 is 21.3 Å². The maximum absolute atomic E-state index is 2.76. The van der Waals surface area contributed by atoms with E-state index < -0.39 is 21.3 Å². The fourth-order valence-corrected chi connectivity index (χ4v) is 17.5. The predicted octanol–water partition coefficient (Wildman–Crippen LogP) is 10.9. The van der Waals surface area contributed by atoms with Crippen LogP contribution in [-0.4, -0.2) is 3.21 Å². The van der Waals surface area contributed by atoms with Crippen LogP contribution in [0.2, 0.25) is 0 Å². The van der Waals surface area contributed by atoms with Crippen LogP contribution < -0.4 is 3.27 Å². The molecule has 0 aromatic heterocycles. The summed E-state index contributed by atoms with van der Waals surface area (Å²) in [5.41, 5.74) is 13.3. The third-order valence-corrected chi connectivity index (χ3v) is 18.5. The van der Waals surface area contributed by atoms with E-state index in [9.17, 15) is 0 Å². The Hall–Kier alpha value is -1.33. The Balaban J connectivity index is 1.84. The summed E-state index contributed by atoms with van der Waals surface area (Å²) >= 11 is -2.40. The monoisotopic (exact) mass is 626 g/mol. The van der Waals surface area contributed by atoms with Gasteiger partial charge in [-0.15, -0.1) is 0 Å². The molecule has 0 nitrogen and oxygen atoms in total. The molecule has 2 aromatic carbocycles. The summed E-state index contributed by atoms with van der Waals surface area (Å²) in [6.45, 7) is 26.6. The molecule has 1 fully saturated rings. The second-order valence-corrected chi connectivity index (χ2v) is 22.5. The number of rotatable bonds is 4. The van der Waals surface area contributed by atoms with Crippen molar-refractivity contribution in [3.63, 3.8) is 0 Å². The zero-order chi connectivity index (χ0) is 29.9. The number of allylic oxidation sites excluding steroid dienone is 4. The molecule has 3 aliphatic rings. The number of hydrogen-bond acceptors (Lipinski definition) is 0. The first kappa shape index (κ1) is 31.1. The number of benzene rings is 2. The molecule has 0 saturated heterocycles. The van der Waals surface area contributed by atoms with Crippen molar-refractivity contribution in [1.29, 1.82) is 0 Å². The Kier molecular flexibility index (Phi) is 8.58. The molecular weight excluding hydrogens is 572 g/mol. The van der Waals surface area contributed by atoms with Crippen LogP contribution in [0, 0.1) is 11.3 Å². The summed E-state index contributed by atoms with van der Waals surface area (Å²) < 4.78 is 5.81. The van der Waals surface area contributed by atoms with Crippen molar-refractivity contribution in [3.05, 3.63) is 73.1 Å². The molecule has 1 heteroatoms. The quantitative estimate of drug-likeness (QED) is 0.270. The average Bonchev–Trinajstić information content (AvgIpc) is 3.46. The molecule has 0 N–H and O–H groups in total. The SMILES string of the molecule is CCC1=[C]([Zr](=[C]2CCCCC2)[c]2cc(C(C)(C)C)cc3c2Cc2ccc(C(C)(C)C)cc2-3)C(CC)C=C1C(C)(C)C. The topological polar surface area (TPSA) is 0 Å². The van der Waals surface area contributed by atoms with Gasteiger partial charge in [0, 0.05) is 0 Å². The maximum atomic E-state index is 2.76. The Morgan fingerprint density at radius 2 is 1.37 bits per heavy atom. The van der Waals surface area contributed by atoms with E-state index >= 15 is 0 Å². The molecule has 3 aliphatic carbocycles. The van der Waals surface area contributed by atoms with E-state index in [1.165, 1.54) is 56.1 Å². The van der Waals surface area contributed by atoms with Gasteiger partial charge in [0.05, 0.1) is 0 Å². The second kappa shape index (κ2) is 11.3. The minimum atomic E-state index is -2.40. The summed E-state index contributed by atoms with van der Waals surface area (Å²) in [6.07, 6.45) is 13.3. The van der Waals surface area contributed by atoms with Crippen molar-refractivity contribution in [3.8, 4) is 11.1 Å². The van der Waals surface area contributed by atoms with Gasteiger partial charge in [-0.25, -0.2) is 0 Å². The van der Waals surface area contributed by atoms with Gasteiger partial charge in [-0.1, -0.05) is 0 Å². The Bertz CT molecular complexity index is 1430. The van der Waals surface area contributed by atoms with Crippen LogP contribution in [0.5, 0.6) is 0 Å². The molecule has 0 amide bonds. The average molecular weight is 628 g/mol. The van der Waals surface area contributed by atoms with Crippen molar-refractivity contribution in [2.24, 2.45) is 11.3 Å². The molecule has 0 heterocycles. The van der Waals surface area contributed by atoms with Gasteiger partial charge >= 0.3 is 262 Å². The van der Waals surface area contributed by atoms with Crippen LogP contribution in [0.1, 0.15) is 143 Å². The summed E-state index contributed by atoms with van der Waals surface area (Å²) in [4.78, 5) is 0. The van der Waals surface area contributed by atoms with Crippen LogP contribution in [0.3, 0.4) is 0 Å². The predicted molar refractivity (Wildman–Crippen MR) is 178 cm³/mol. The summed E-state index contributed by atoms with van der Waals surface area (Å²) in [5.74, 6) is 0.633. The van der Waals surface area contributed by atoms with E-state index in [0.717, 1.165) is 6.42 Å². The van der Waals surface area contributed by atoms with Crippen LogP contribution >= 0.6 is 0 Å². The molecule has 0 radical (unpaired) electrons. The van der Waals surface area contributed by atoms with Gasteiger partial charge in [-0.05, 0) is 0 Å². The first-order valence-electron chi connectivity index (χ1n) is 16.6. The molecule has 41 heavy (non-hydrogen) atoms. The fourth-order valence-electron chi connectivity index (χ4n) is 7.65. The Morgan fingerprint density at radius 3 is 1.93 bits per heavy atom. The molecule has 1 saturated carbocycles. The normalized spacial score (nSPS) is 19.4. The number of fused-ring (bicyclic) bond motifs is 3. The third-order valence-electron chi connectivity index (χ3n) is 10.1. The summed E-state index contributed by atoms with van der Waals surface area (Å²) in [7, 11) is 0. The van der Waals surface area contributed by atoms with Crippen molar-refractivity contribution in [2.75, 3.05) is 0 Å². The van der Waals surface area contributed by atoms with E-state index in [1.54, 1.807) is 33.4 Å². The molecule has 1 unspecified atom stereocenters. The summed E-state index contributed by atoms with van der Waals surface area (Å²) in [6, 6.07) is 12.8. The first-order chi connectivity index (χ1) is 19.1. The summed E-state index contributed by atoms with van der Waals surface area (Å²) in [5, 5.41) is 0. The standard InChI is InChI=1S/C21H25.C13H21.C6H10.Zr/c1-20(2,3)16-9-7-14-11-15-8-10-17(21(4,5)6)13-19(15)18(14)12-16;1-6-10-8-11(7-2)12(9-10)13(3,4)5;1-2-4-6-5-3-1;/h7,9-10,12-13H,11H2,1-6H3;9-10H,6-7H2,1-5H3;1-5H2;. The van der Waals surface area contributed by atoms with Crippen molar-refractivity contribution >= 4 is 6.48 Å². The molecule has 5 rings (SSSR count). The van der Waals surface area contributed by atoms with Gasteiger partial charge in [0.1, 0.15) is 0 Å². The minimum absolute atomic E-state index is 0.135. The zero-order valence-corrected chi connectivity index (χ0v) is 30.7. The molecular formula is C40H56Zr. The fraction of sp³-hybridized carbons (Fsp3) is 0.575. The van der Waals surface area contributed by atoms with Crippen LogP contribution in [0.15, 0.2) is 50.8 Å². The first-order valence-corrected chi connectivity index (χ1v) is 20.3. The van der Waals surface area contributed by atoms with Crippen LogP contribution in [-0.2, 0) is 38.5 Å². The molecule has 220 valence electrons. The molecule has 1 atom stereocenters. The molecule has 2 aromatic rings. The van der Waals surface area contributed by atoms with Crippen LogP contribution in [0.25, 0.3) is 11.1 Å². The third kappa shape index (κ3) is 5.93. The van der Waals surface area contributed by atoms with E-state index in [0.29, 0.717) is 5.92 Å². The van der Waals surface area contributed by atoms with Crippen molar-refractivity contribution in [2.45, 2.75) is 138 Å². The molecule has 0 spiro atoms. The Labute approximate surface area is 260 Å². The Morgan fingerprint density at radius 1 is 0.732 bits per heavy atom. The van der Waals surface area contributed by atoms with Gasteiger partial charge in [0.2, 0.25) is 0 Å². The number of hydrogen-bond donors (Lipinski definition) is 0. The van der Waals surface area contributed by atoms with Gasteiger partial charge in [0.25, 0.3) is 0 Å². The van der Waals surface area contributed by atoms with Gasteiger partial charge < -0.3 is 0 Å². The van der Waals surface area contributed by atoms with E-state index in [1.807, 2.05) is 9.76 Å². The zero-order valence-electron chi connectivity index (χ0n) is 28.2. The van der Waals surface area contributed by atoms with E-state index in [2.05, 4.69) is 113 Å². The van der Waals surface area contributed by atoms with Gasteiger partial charge in [-0.3, -0.25) is 0 Å². The molecule has 0 bridgehead atoms. The van der Waals surface area contributed by atoms with Gasteiger partial charge in [0.15, 0.2) is 0 Å². The second-order valence-electron chi connectivity index (χ2n) is 16.2. The van der Waals surface area contributed by atoms with Crippen molar-refractivity contribution in [1.82, 2.24) is 0 Å². The van der Waals surface area contributed by atoms with E-state index in [-0.39, 0.29) is 16.2 Å². The van der Waals surface area contributed by atoms with Gasteiger partial charge in [-0.2, -0.15) is 0 Å². The van der Waals surface area contributed by atoms with Crippen LogP contribution in [0.4, 0.5) is 0 Å². The van der Waals surface area contributed by atoms with E-state index in [4.69, 9.17) is 0 Å². The molecule has 0 aliphatic heterocycles.